The molecule has 1 saturated heterocycles. The van der Waals surface area contributed by atoms with Crippen molar-refractivity contribution < 1.29 is 9.53 Å². The third-order valence-corrected chi connectivity index (χ3v) is 3.46. The van der Waals surface area contributed by atoms with Gasteiger partial charge in [-0.2, -0.15) is 0 Å². The molecule has 1 aliphatic rings. The van der Waals surface area contributed by atoms with Crippen molar-refractivity contribution in [3.63, 3.8) is 0 Å². The number of benzene rings is 1. The molecule has 0 spiro atoms. The van der Waals surface area contributed by atoms with Crippen LogP contribution in [0.25, 0.3) is 0 Å². The van der Waals surface area contributed by atoms with E-state index in [0.29, 0.717) is 18.1 Å². The van der Waals surface area contributed by atoms with Crippen LogP contribution >= 0.6 is 0 Å². The molecular formula is C16H18N4O2. The van der Waals surface area contributed by atoms with E-state index in [1.165, 1.54) is 12.4 Å². The van der Waals surface area contributed by atoms with Gasteiger partial charge in [0.1, 0.15) is 0 Å². The van der Waals surface area contributed by atoms with Gasteiger partial charge in [0.2, 0.25) is 5.95 Å². The van der Waals surface area contributed by atoms with Crippen molar-refractivity contribution >= 4 is 17.5 Å². The standard InChI is InChI=1S/C16H18N4O2/c21-15(17-11-14-7-4-8-22-14)12-9-18-16(19-10-12)20-13-5-2-1-3-6-13/h1-3,5-6,9-10,14H,4,7-8,11H2,(H,17,21)(H,18,19,20). The fourth-order valence-electron chi connectivity index (χ4n) is 2.27. The Morgan fingerprint density at radius 2 is 2.00 bits per heavy atom. The first-order chi connectivity index (χ1) is 10.8. The SMILES string of the molecule is O=C(NCC1CCCO1)c1cnc(Nc2ccccc2)nc1. The van der Waals surface area contributed by atoms with Gasteiger partial charge in [-0.1, -0.05) is 18.2 Å². The van der Waals surface area contributed by atoms with E-state index in [-0.39, 0.29) is 12.0 Å². The molecule has 114 valence electrons. The van der Waals surface area contributed by atoms with Crippen LogP contribution < -0.4 is 10.6 Å². The minimum absolute atomic E-state index is 0.129. The van der Waals surface area contributed by atoms with E-state index >= 15 is 0 Å². The third kappa shape index (κ3) is 3.79. The van der Waals surface area contributed by atoms with Crippen molar-refractivity contribution in [1.29, 1.82) is 0 Å². The summed E-state index contributed by atoms with van der Waals surface area (Å²) in [5, 5.41) is 5.92. The lowest BCUT2D eigenvalue weighted by Crippen LogP contribution is -2.31. The number of nitrogens with one attached hydrogen (secondary N) is 2. The van der Waals surface area contributed by atoms with Crippen molar-refractivity contribution in [1.82, 2.24) is 15.3 Å². The van der Waals surface area contributed by atoms with E-state index in [1.54, 1.807) is 0 Å². The summed E-state index contributed by atoms with van der Waals surface area (Å²) in [7, 11) is 0. The van der Waals surface area contributed by atoms with Crippen molar-refractivity contribution in [2.45, 2.75) is 18.9 Å². The number of hydrogen-bond acceptors (Lipinski definition) is 5. The van der Waals surface area contributed by atoms with E-state index in [9.17, 15) is 4.79 Å². The summed E-state index contributed by atoms with van der Waals surface area (Å²) >= 11 is 0. The van der Waals surface area contributed by atoms with Gasteiger partial charge in [0.05, 0.1) is 11.7 Å². The number of rotatable bonds is 5. The predicted octanol–water partition coefficient (Wildman–Crippen LogP) is 2.13. The fourth-order valence-corrected chi connectivity index (χ4v) is 2.27. The van der Waals surface area contributed by atoms with Crippen LogP contribution in [0.2, 0.25) is 0 Å². The summed E-state index contributed by atoms with van der Waals surface area (Å²) in [4.78, 5) is 20.3. The normalized spacial score (nSPS) is 17.2. The van der Waals surface area contributed by atoms with Gasteiger partial charge in [-0.05, 0) is 25.0 Å². The van der Waals surface area contributed by atoms with Crippen LogP contribution in [0, 0.1) is 0 Å². The molecule has 1 unspecified atom stereocenters. The fraction of sp³-hybridized carbons (Fsp3) is 0.312. The molecule has 6 heteroatoms. The average molecular weight is 298 g/mol. The smallest absolute Gasteiger partial charge is 0.254 e. The van der Waals surface area contributed by atoms with E-state index in [2.05, 4.69) is 20.6 Å². The summed E-state index contributed by atoms with van der Waals surface area (Å²) in [6, 6.07) is 9.63. The Balaban J connectivity index is 1.55. The molecule has 2 aromatic rings. The lowest BCUT2D eigenvalue weighted by atomic mass is 10.2. The second-order valence-electron chi connectivity index (χ2n) is 5.13. The first-order valence-electron chi connectivity index (χ1n) is 7.35. The zero-order valence-corrected chi connectivity index (χ0v) is 12.2. The molecule has 6 nitrogen and oxygen atoms in total. The Hall–Kier alpha value is -2.47. The highest BCUT2D eigenvalue weighted by Gasteiger charge is 2.16. The Morgan fingerprint density at radius 1 is 1.23 bits per heavy atom. The van der Waals surface area contributed by atoms with Gasteiger partial charge in [0, 0.05) is 31.2 Å². The second-order valence-corrected chi connectivity index (χ2v) is 5.13. The molecule has 1 aromatic carbocycles. The van der Waals surface area contributed by atoms with Crippen LogP contribution in [0.4, 0.5) is 11.6 Å². The monoisotopic (exact) mass is 298 g/mol. The number of carbonyl (C=O) groups is 1. The van der Waals surface area contributed by atoms with Crippen LogP contribution in [0.3, 0.4) is 0 Å². The van der Waals surface area contributed by atoms with Gasteiger partial charge in [-0.15, -0.1) is 0 Å². The molecule has 0 saturated carbocycles. The topological polar surface area (TPSA) is 76.1 Å². The zero-order valence-electron chi connectivity index (χ0n) is 12.2. The van der Waals surface area contributed by atoms with Crippen LogP contribution in [-0.4, -0.2) is 35.1 Å². The molecule has 1 aliphatic heterocycles. The molecule has 0 bridgehead atoms. The van der Waals surface area contributed by atoms with Crippen LogP contribution in [0.1, 0.15) is 23.2 Å². The van der Waals surface area contributed by atoms with Crippen molar-refractivity contribution in [2.75, 3.05) is 18.5 Å². The molecule has 2 N–H and O–H groups in total. The van der Waals surface area contributed by atoms with Gasteiger partial charge in [-0.3, -0.25) is 4.79 Å². The molecule has 3 rings (SSSR count). The van der Waals surface area contributed by atoms with Gasteiger partial charge >= 0.3 is 0 Å². The van der Waals surface area contributed by atoms with Crippen molar-refractivity contribution in [3.05, 3.63) is 48.3 Å². The maximum atomic E-state index is 12.0. The molecule has 2 heterocycles. The first kappa shape index (κ1) is 14.5. The molecule has 1 amide bonds. The lowest BCUT2D eigenvalue weighted by Gasteiger charge is -2.10. The minimum Gasteiger partial charge on any atom is -0.376 e. The maximum absolute atomic E-state index is 12.0. The first-order valence-corrected chi connectivity index (χ1v) is 7.35. The summed E-state index contributed by atoms with van der Waals surface area (Å²) in [6.07, 6.45) is 5.22. The Kier molecular flexibility index (Phi) is 4.60. The zero-order chi connectivity index (χ0) is 15.2. The quantitative estimate of drug-likeness (QED) is 0.884. The number of anilines is 2. The van der Waals surface area contributed by atoms with Crippen molar-refractivity contribution in [3.8, 4) is 0 Å². The largest absolute Gasteiger partial charge is 0.376 e. The number of amides is 1. The second kappa shape index (κ2) is 7.00. The Bertz CT molecular complexity index is 610. The highest BCUT2D eigenvalue weighted by molar-refractivity contribution is 5.93. The van der Waals surface area contributed by atoms with Gasteiger partial charge in [-0.25, -0.2) is 9.97 Å². The van der Waals surface area contributed by atoms with Gasteiger partial charge < -0.3 is 15.4 Å². The molecule has 0 radical (unpaired) electrons. The number of aromatic nitrogens is 2. The maximum Gasteiger partial charge on any atom is 0.254 e. The van der Waals surface area contributed by atoms with Gasteiger partial charge in [0.15, 0.2) is 0 Å². The molecule has 22 heavy (non-hydrogen) atoms. The molecule has 1 atom stereocenters. The molecular weight excluding hydrogens is 280 g/mol. The molecule has 0 aliphatic carbocycles. The molecule has 1 aromatic heterocycles. The number of para-hydroxylation sites is 1. The van der Waals surface area contributed by atoms with Crippen molar-refractivity contribution in [2.24, 2.45) is 0 Å². The van der Waals surface area contributed by atoms with E-state index in [4.69, 9.17) is 4.74 Å². The van der Waals surface area contributed by atoms with E-state index < -0.39 is 0 Å². The Labute approximate surface area is 128 Å². The highest BCUT2D eigenvalue weighted by atomic mass is 16.5. The minimum atomic E-state index is -0.179. The number of hydrogen-bond donors (Lipinski definition) is 2. The van der Waals surface area contributed by atoms with Crippen LogP contribution in [0.5, 0.6) is 0 Å². The summed E-state index contributed by atoms with van der Waals surface area (Å²) in [6.45, 7) is 1.31. The number of nitrogens with zero attached hydrogens (tertiary/aromatic N) is 2. The molecule has 1 fully saturated rings. The van der Waals surface area contributed by atoms with Crippen LogP contribution in [-0.2, 0) is 4.74 Å². The van der Waals surface area contributed by atoms with Crippen LogP contribution in [0.15, 0.2) is 42.7 Å². The van der Waals surface area contributed by atoms with E-state index in [1.807, 2.05) is 30.3 Å². The van der Waals surface area contributed by atoms with E-state index in [0.717, 1.165) is 25.1 Å². The summed E-state index contributed by atoms with van der Waals surface area (Å²) in [5.41, 5.74) is 1.34. The summed E-state index contributed by atoms with van der Waals surface area (Å²) < 4.78 is 5.47. The van der Waals surface area contributed by atoms with Gasteiger partial charge in [0.25, 0.3) is 5.91 Å². The lowest BCUT2D eigenvalue weighted by molar-refractivity contribution is 0.0857. The average Bonchev–Trinajstić information content (AvgIpc) is 3.08. The number of carbonyl (C=O) groups excluding carboxylic acids is 1. The predicted molar refractivity (Wildman–Crippen MR) is 83.1 cm³/mol. The third-order valence-electron chi connectivity index (χ3n) is 3.46. The number of ether oxygens (including phenoxy) is 1. The summed E-state index contributed by atoms with van der Waals surface area (Å²) in [5.74, 6) is 0.281. The Morgan fingerprint density at radius 3 is 2.68 bits per heavy atom. The highest BCUT2D eigenvalue weighted by Crippen LogP contribution is 2.12.